The van der Waals surface area contributed by atoms with Crippen LogP contribution >= 0.6 is 0 Å². The van der Waals surface area contributed by atoms with Gasteiger partial charge in [0.05, 0.1) is 12.8 Å². The van der Waals surface area contributed by atoms with Gasteiger partial charge in [-0.15, -0.1) is 0 Å². The molecule has 0 spiro atoms. The first-order chi connectivity index (χ1) is 9.63. The summed E-state index contributed by atoms with van der Waals surface area (Å²) in [5, 5.41) is 14.8. The highest BCUT2D eigenvalue weighted by Crippen LogP contribution is 2.23. The van der Waals surface area contributed by atoms with Crippen molar-refractivity contribution in [2.24, 2.45) is 0 Å². The van der Waals surface area contributed by atoms with Crippen molar-refractivity contribution in [1.82, 2.24) is 10.2 Å². The van der Waals surface area contributed by atoms with Gasteiger partial charge in [0.1, 0.15) is 11.8 Å². The Morgan fingerprint density at radius 1 is 1.45 bits per heavy atom. The summed E-state index contributed by atoms with van der Waals surface area (Å²) < 4.78 is 5.15. The second-order valence-corrected chi connectivity index (χ2v) is 4.38. The molecule has 1 saturated heterocycles. The number of rotatable bonds is 3. The third kappa shape index (κ3) is 3.00. The van der Waals surface area contributed by atoms with Gasteiger partial charge in [0, 0.05) is 19.6 Å². The van der Waals surface area contributed by atoms with E-state index in [2.05, 4.69) is 10.6 Å². The number of para-hydroxylation sites is 2. The van der Waals surface area contributed by atoms with E-state index >= 15 is 0 Å². The standard InChI is InChI=1S/C13H17N3O4/c1-20-11-5-3-2-4-9(11)15-13(19)16-7-6-14-8-10(16)12(17)18/h2-5,10,14H,6-8H2,1H3,(H,15,19)(H,17,18). The van der Waals surface area contributed by atoms with E-state index in [0.29, 0.717) is 24.5 Å². The lowest BCUT2D eigenvalue weighted by Crippen LogP contribution is -2.58. The minimum absolute atomic E-state index is 0.245. The number of anilines is 1. The number of ether oxygens (including phenoxy) is 1. The molecule has 0 radical (unpaired) electrons. The second-order valence-electron chi connectivity index (χ2n) is 4.38. The molecule has 3 N–H and O–H groups in total. The predicted octanol–water partition coefficient (Wildman–Crippen LogP) is 0.585. The zero-order valence-corrected chi connectivity index (χ0v) is 11.1. The highest BCUT2D eigenvalue weighted by atomic mass is 16.5. The molecule has 0 aliphatic carbocycles. The average Bonchev–Trinajstić information content (AvgIpc) is 2.47. The lowest BCUT2D eigenvalue weighted by molar-refractivity contribution is -0.142. The topological polar surface area (TPSA) is 90.9 Å². The molecule has 0 aromatic heterocycles. The molecule has 1 fully saturated rings. The number of aliphatic carboxylic acids is 1. The van der Waals surface area contributed by atoms with Crippen LogP contribution in [0.4, 0.5) is 10.5 Å². The number of carbonyl (C=O) groups is 2. The quantitative estimate of drug-likeness (QED) is 0.753. The molecule has 108 valence electrons. The Hall–Kier alpha value is -2.28. The number of piperazine rings is 1. The summed E-state index contributed by atoms with van der Waals surface area (Å²) in [6, 6.07) is 5.68. The van der Waals surface area contributed by atoms with Gasteiger partial charge in [-0.3, -0.25) is 0 Å². The summed E-state index contributed by atoms with van der Waals surface area (Å²) in [5.74, 6) is -0.491. The Morgan fingerprint density at radius 3 is 2.90 bits per heavy atom. The number of nitrogens with one attached hydrogen (secondary N) is 2. The van der Waals surface area contributed by atoms with Gasteiger partial charge in [0.25, 0.3) is 0 Å². The largest absolute Gasteiger partial charge is 0.495 e. The normalized spacial score (nSPS) is 18.4. The van der Waals surface area contributed by atoms with E-state index in [1.165, 1.54) is 12.0 Å². The Balaban J connectivity index is 2.12. The monoisotopic (exact) mass is 279 g/mol. The van der Waals surface area contributed by atoms with Crippen molar-refractivity contribution in [3.05, 3.63) is 24.3 Å². The lowest BCUT2D eigenvalue weighted by atomic mass is 10.2. The first kappa shape index (κ1) is 14.1. The molecule has 2 amide bonds. The molecule has 1 atom stereocenters. The van der Waals surface area contributed by atoms with Crippen LogP contribution in [-0.4, -0.2) is 54.8 Å². The maximum absolute atomic E-state index is 12.2. The summed E-state index contributed by atoms with van der Waals surface area (Å²) in [6.45, 7) is 1.16. The zero-order valence-electron chi connectivity index (χ0n) is 11.1. The fourth-order valence-electron chi connectivity index (χ4n) is 2.10. The number of amides is 2. The number of methoxy groups -OCH3 is 1. The number of benzene rings is 1. The van der Waals surface area contributed by atoms with Crippen molar-refractivity contribution in [3.63, 3.8) is 0 Å². The van der Waals surface area contributed by atoms with Crippen LogP contribution in [0.25, 0.3) is 0 Å². The van der Waals surface area contributed by atoms with Crippen molar-refractivity contribution in [2.45, 2.75) is 6.04 Å². The number of urea groups is 1. The Bertz CT molecular complexity index is 506. The van der Waals surface area contributed by atoms with Crippen molar-refractivity contribution in [3.8, 4) is 5.75 Å². The highest BCUT2D eigenvalue weighted by molar-refractivity contribution is 5.93. The molecule has 20 heavy (non-hydrogen) atoms. The third-order valence-corrected chi connectivity index (χ3v) is 3.14. The molecule has 0 bridgehead atoms. The fraction of sp³-hybridized carbons (Fsp3) is 0.385. The molecule has 1 aliphatic heterocycles. The molecule has 1 unspecified atom stereocenters. The minimum Gasteiger partial charge on any atom is -0.495 e. The lowest BCUT2D eigenvalue weighted by Gasteiger charge is -2.33. The molecule has 1 heterocycles. The Kier molecular flexibility index (Phi) is 4.41. The van der Waals surface area contributed by atoms with Gasteiger partial charge in [-0.2, -0.15) is 0 Å². The maximum atomic E-state index is 12.2. The van der Waals surface area contributed by atoms with Crippen molar-refractivity contribution in [1.29, 1.82) is 0 Å². The van der Waals surface area contributed by atoms with E-state index in [1.54, 1.807) is 24.3 Å². The number of carbonyl (C=O) groups excluding carboxylic acids is 1. The predicted molar refractivity (Wildman–Crippen MR) is 73.0 cm³/mol. The molecule has 7 heteroatoms. The van der Waals surface area contributed by atoms with Crippen LogP contribution < -0.4 is 15.4 Å². The molecule has 1 aromatic rings. The van der Waals surface area contributed by atoms with Crippen LogP contribution in [0, 0.1) is 0 Å². The van der Waals surface area contributed by atoms with Gasteiger partial charge < -0.3 is 25.4 Å². The molecular formula is C13H17N3O4. The number of hydrogen-bond donors (Lipinski definition) is 3. The smallest absolute Gasteiger partial charge is 0.327 e. The number of nitrogens with zero attached hydrogens (tertiary/aromatic N) is 1. The van der Waals surface area contributed by atoms with Crippen molar-refractivity contribution < 1.29 is 19.4 Å². The van der Waals surface area contributed by atoms with Crippen molar-refractivity contribution in [2.75, 3.05) is 32.1 Å². The number of hydrogen-bond acceptors (Lipinski definition) is 4. The van der Waals surface area contributed by atoms with Crippen LogP contribution in [0.15, 0.2) is 24.3 Å². The summed E-state index contributed by atoms with van der Waals surface area (Å²) in [5.41, 5.74) is 0.516. The molecule has 1 aliphatic rings. The summed E-state index contributed by atoms with van der Waals surface area (Å²) in [4.78, 5) is 24.7. The highest BCUT2D eigenvalue weighted by Gasteiger charge is 2.32. The van der Waals surface area contributed by atoms with Gasteiger partial charge in [0.2, 0.25) is 0 Å². The molecule has 0 saturated carbocycles. The molecular weight excluding hydrogens is 262 g/mol. The molecule has 1 aromatic carbocycles. The Labute approximate surface area is 116 Å². The summed E-state index contributed by atoms with van der Waals surface area (Å²) in [7, 11) is 1.51. The van der Waals surface area contributed by atoms with E-state index in [9.17, 15) is 9.59 Å². The van der Waals surface area contributed by atoms with Gasteiger partial charge in [0.15, 0.2) is 0 Å². The van der Waals surface area contributed by atoms with Crippen LogP contribution in [0.2, 0.25) is 0 Å². The first-order valence-corrected chi connectivity index (χ1v) is 6.27. The van der Waals surface area contributed by atoms with E-state index in [-0.39, 0.29) is 6.54 Å². The number of carboxylic acids is 1. The van der Waals surface area contributed by atoms with Gasteiger partial charge in [-0.1, -0.05) is 12.1 Å². The number of carboxylic acid groups (broad SMARTS) is 1. The zero-order chi connectivity index (χ0) is 14.5. The van der Waals surface area contributed by atoms with Crippen LogP contribution in [0.5, 0.6) is 5.75 Å². The fourth-order valence-corrected chi connectivity index (χ4v) is 2.10. The summed E-state index contributed by atoms with van der Waals surface area (Å²) >= 11 is 0. The second kappa shape index (κ2) is 6.25. The Morgan fingerprint density at radius 2 is 2.20 bits per heavy atom. The van der Waals surface area contributed by atoms with E-state index in [1.807, 2.05) is 0 Å². The van der Waals surface area contributed by atoms with Crippen LogP contribution in [0.1, 0.15) is 0 Å². The van der Waals surface area contributed by atoms with Crippen LogP contribution in [0.3, 0.4) is 0 Å². The van der Waals surface area contributed by atoms with E-state index < -0.39 is 18.0 Å². The SMILES string of the molecule is COc1ccccc1NC(=O)N1CCNCC1C(=O)O. The van der Waals surface area contributed by atoms with Gasteiger partial charge >= 0.3 is 12.0 Å². The van der Waals surface area contributed by atoms with Gasteiger partial charge in [-0.05, 0) is 12.1 Å². The van der Waals surface area contributed by atoms with Crippen LogP contribution in [-0.2, 0) is 4.79 Å². The van der Waals surface area contributed by atoms with Crippen molar-refractivity contribution >= 4 is 17.7 Å². The maximum Gasteiger partial charge on any atom is 0.327 e. The average molecular weight is 279 g/mol. The minimum atomic E-state index is -1.02. The first-order valence-electron chi connectivity index (χ1n) is 6.27. The summed E-state index contributed by atoms with van der Waals surface area (Å²) in [6.07, 6.45) is 0. The molecule has 7 nitrogen and oxygen atoms in total. The van der Waals surface area contributed by atoms with E-state index in [4.69, 9.17) is 9.84 Å². The van der Waals surface area contributed by atoms with E-state index in [0.717, 1.165) is 0 Å². The van der Waals surface area contributed by atoms with Gasteiger partial charge in [-0.25, -0.2) is 9.59 Å². The molecule has 2 rings (SSSR count). The third-order valence-electron chi connectivity index (χ3n) is 3.14.